The molecule has 112 valence electrons. The van der Waals surface area contributed by atoms with Crippen molar-refractivity contribution in [3.05, 3.63) is 42.0 Å². The minimum Gasteiger partial charge on any atom is -0.493 e. The van der Waals surface area contributed by atoms with E-state index in [4.69, 9.17) is 4.74 Å². The molecule has 0 aromatic heterocycles. The Labute approximate surface area is 124 Å². The molecular formula is C18H30NO+. The van der Waals surface area contributed by atoms with Crippen molar-refractivity contribution in [1.29, 1.82) is 0 Å². The van der Waals surface area contributed by atoms with Gasteiger partial charge in [-0.1, -0.05) is 39.5 Å². The number of aryl methyl sites for hydroxylation is 1. The fourth-order valence-corrected chi connectivity index (χ4v) is 2.09. The monoisotopic (exact) mass is 276 g/mol. The van der Waals surface area contributed by atoms with Crippen LogP contribution < -0.4 is 10.1 Å². The highest BCUT2D eigenvalue weighted by atomic mass is 16.5. The lowest BCUT2D eigenvalue weighted by Gasteiger charge is -2.20. The van der Waals surface area contributed by atoms with Gasteiger partial charge in [0.15, 0.2) is 0 Å². The molecule has 1 rings (SSSR count). The summed E-state index contributed by atoms with van der Waals surface area (Å²) >= 11 is 0. The fourth-order valence-electron chi connectivity index (χ4n) is 2.09. The van der Waals surface area contributed by atoms with Gasteiger partial charge < -0.3 is 10.1 Å². The van der Waals surface area contributed by atoms with Crippen LogP contribution in [0.25, 0.3) is 0 Å². The Morgan fingerprint density at radius 2 is 2.00 bits per heavy atom. The number of nitrogens with two attached hydrogens (primary N) is 1. The van der Waals surface area contributed by atoms with E-state index in [2.05, 4.69) is 57.8 Å². The predicted molar refractivity (Wildman–Crippen MR) is 86.5 cm³/mol. The first-order valence-electron chi connectivity index (χ1n) is 7.61. The summed E-state index contributed by atoms with van der Waals surface area (Å²) in [4.78, 5) is 0. The number of unbranched alkanes of at least 4 members (excludes halogenated alkanes) is 1. The van der Waals surface area contributed by atoms with E-state index in [1.807, 2.05) is 6.08 Å². The van der Waals surface area contributed by atoms with Crippen LogP contribution in [0.4, 0.5) is 0 Å². The molecule has 0 fully saturated rings. The molecule has 0 unspecified atom stereocenters. The van der Waals surface area contributed by atoms with Crippen LogP contribution in [0.5, 0.6) is 5.75 Å². The number of hydrogen-bond donors (Lipinski definition) is 1. The Hall–Kier alpha value is -1.28. The minimum absolute atomic E-state index is 0.199. The summed E-state index contributed by atoms with van der Waals surface area (Å²) in [5.74, 6) is 1.02. The second-order valence-electron chi connectivity index (χ2n) is 6.39. The second-order valence-corrected chi connectivity index (χ2v) is 6.39. The highest BCUT2D eigenvalue weighted by Gasteiger charge is 2.14. The van der Waals surface area contributed by atoms with Gasteiger partial charge in [0.1, 0.15) is 5.75 Å². The van der Waals surface area contributed by atoms with Crippen LogP contribution in [0.1, 0.15) is 44.7 Å². The van der Waals surface area contributed by atoms with Crippen LogP contribution in [-0.2, 0) is 5.41 Å². The summed E-state index contributed by atoms with van der Waals surface area (Å²) in [6.07, 6.45) is 4.23. The van der Waals surface area contributed by atoms with Crippen LogP contribution in [-0.4, -0.2) is 19.7 Å². The topological polar surface area (TPSA) is 25.8 Å². The van der Waals surface area contributed by atoms with Gasteiger partial charge in [-0.15, -0.1) is 0 Å². The summed E-state index contributed by atoms with van der Waals surface area (Å²) in [5, 5.41) is 2.27. The molecule has 0 heterocycles. The average molecular weight is 276 g/mol. The van der Waals surface area contributed by atoms with Gasteiger partial charge in [-0.3, -0.25) is 0 Å². The Balaban J connectivity index is 2.36. The van der Waals surface area contributed by atoms with Gasteiger partial charge in [0, 0.05) is 0 Å². The van der Waals surface area contributed by atoms with Crippen molar-refractivity contribution in [2.75, 3.05) is 19.7 Å². The van der Waals surface area contributed by atoms with E-state index in [9.17, 15) is 0 Å². The maximum absolute atomic E-state index is 5.88. The Bertz CT molecular complexity index is 418. The molecule has 0 aliphatic carbocycles. The predicted octanol–water partition coefficient (Wildman–Crippen LogP) is 3.20. The lowest BCUT2D eigenvalue weighted by Crippen LogP contribution is -2.83. The SMILES string of the molecule is C=CC[NH2+]CCCCOc1ccc(C(C)(C)C)cc1C. The van der Waals surface area contributed by atoms with Crippen LogP contribution in [0.2, 0.25) is 0 Å². The third-order valence-corrected chi connectivity index (χ3v) is 3.43. The second kappa shape index (κ2) is 8.11. The van der Waals surface area contributed by atoms with Gasteiger partial charge >= 0.3 is 0 Å². The molecule has 0 aliphatic heterocycles. The first kappa shape index (κ1) is 16.8. The van der Waals surface area contributed by atoms with Crippen molar-refractivity contribution in [3.8, 4) is 5.75 Å². The molecule has 20 heavy (non-hydrogen) atoms. The largest absolute Gasteiger partial charge is 0.493 e. The van der Waals surface area contributed by atoms with Crippen LogP contribution >= 0.6 is 0 Å². The molecule has 2 N–H and O–H groups in total. The normalized spacial score (nSPS) is 11.4. The first-order chi connectivity index (χ1) is 9.45. The summed E-state index contributed by atoms with van der Waals surface area (Å²) < 4.78 is 5.88. The molecule has 0 spiro atoms. The average Bonchev–Trinajstić information content (AvgIpc) is 2.38. The summed E-state index contributed by atoms with van der Waals surface area (Å²) in [6, 6.07) is 6.53. The van der Waals surface area contributed by atoms with Gasteiger partial charge in [-0.2, -0.15) is 0 Å². The third kappa shape index (κ3) is 5.79. The Kier molecular flexibility index (Phi) is 6.80. The number of benzene rings is 1. The standard InChI is InChI=1S/C18H29NO/c1-6-11-19-12-7-8-13-20-17-10-9-16(14-15(17)2)18(3,4)5/h6,9-10,14,19H,1,7-8,11-13H2,2-5H3/p+1. The van der Waals surface area contributed by atoms with E-state index in [-0.39, 0.29) is 5.41 Å². The molecule has 0 bridgehead atoms. The highest BCUT2D eigenvalue weighted by molar-refractivity contribution is 5.38. The maximum Gasteiger partial charge on any atom is 0.122 e. The van der Waals surface area contributed by atoms with E-state index in [0.717, 1.165) is 31.9 Å². The number of quaternary nitrogens is 1. The molecule has 0 saturated carbocycles. The zero-order chi connectivity index (χ0) is 15.0. The lowest BCUT2D eigenvalue weighted by atomic mass is 9.86. The van der Waals surface area contributed by atoms with Crippen molar-refractivity contribution in [3.63, 3.8) is 0 Å². The zero-order valence-corrected chi connectivity index (χ0v) is 13.5. The van der Waals surface area contributed by atoms with E-state index >= 15 is 0 Å². The molecule has 2 nitrogen and oxygen atoms in total. The van der Waals surface area contributed by atoms with E-state index in [0.29, 0.717) is 0 Å². The number of ether oxygens (including phenoxy) is 1. The first-order valence-corrected chi connectivity index (χ1v) is 7.61. The lowest BCUT2D eigenvalue weighted by molar-refractivity contribution is -0.646. The van der Waals surface area contributed by atoms with Crippen LogP contribution in [0.15, 0.2) is 30.9 Å². The van der Waals surface area contributed by atoms with Gasteiger partial charge in [0.25, 0.3) is 0 Å². The highest BCUT2D eigenvalue weighted by Crippen LogP contribution is 2.27. The quantitative estimate of drug-likeness (QED) is 0.572. The van der Waals surface area contributed by atoms with Gasteiger partial charge in [-0.25, -0.2) is 0 Å². The number of hydrogen-bond acceptors (Lipinski definition) is 1. The van der Waals surface area contributed by atoms with Crippen molar-refractivity contribution in [2.45, 2.75) is 46.0 Å². The fraction of sp³-hybridized carbons (Fsp3) is 0.556. The summed E-state index contributed by atoms with van der Waals surface area (Å²) in [7, 11) is 0. The van der Waals surface area contributed by atoms with Gasteiger partial charge in [0.05, 0.1) is 19.7 Å². The van der Waals surface area contributed by atoms with Crippen molar-refractivity contribution in [2.24, 2.45) is 0 Å². The van der Waals surface area contributed by atoms with Crippen LogP contribution in [0, 0.1) is 6.92 Å². The van der Waals surface area contributed by atoms with E-state index in [1.165, 1.54) is 17.5 Å². The minimum atomic E-state index is 0.199. The number of rotatable bonds is 8. The maximum atomic E-state index is 5.88. The van der Waals surface area contributed by atoms with Gasteiger partial charge in [0.2, 0.25) is 0 Å². The summed E-state index contributed by atoms with van der Waals surface area (Å²) in [6.45, 7) is 15.5. The molecule has 0 radical (unpaired) electrons. The molecular weight excluding hydrogens is 246 g/mol. The molecule has 0 saturated heterocycles. The molecule has 2 heteroatoms. The Morgan fingerprint density at radius 3 is 2.60 bits per heavy atom. The van der Waals surface area contributed by atoms with E-state index in [1.54, 1.807) is 0 Å². The van der Waals surface area contributed by atoms with Crippen molar-refractivity contribution >= 4 is 0 Å². The van der Waals surface area contributed by atoms with Gasteiger partial charge in [-0.05, 0) is 48.4 Å². The smallest absolute Gasteiger partial charge is 0.122 e. The molecule has 1 aromatic rings. The van der Waals surface area contributed by atoms with E-state index < -0.39 is 0 Å². The van der Waals surface area contributed by atoms with Crippen molar-refractivity contribution < 1.29 is 10.1 Å². The molecule has 1 aromatic carbocycles. The molecule has 0 atom stereocenters. The van der Waals surface area contributed by atoms with Crippen molar-refractivity contribution in [1.82, 2.24) is 0 Å². The third-order valence-electron chi connectivity index (χ3n) is 3.43. The zero-order valence-electron chi connectivity index (χ0n) is 13.5. The Morgan fingerprint density at radius 1 is 1.25 bits per heavy atom. The molecule has 0 aliphatic rings. The van der Waals surface area contributed by atoms with Crippen LogP contribution in [0.3, 0.4) is 0 Å². The molecule has 0 amide bonds. The summed E-state index contributed by atoms with van der Waals surface area (Å²) in [5.41, 5.74) is 2.79.